The van der Waals surface area contributed by atoms with Gasteiger partial charge in [-0.05, 0) is 30.3 Å². The molecule has 0 aliphatic rings. The van der Waals surface area contributed by atoms with E-state index in [2.05, 4.69) is 4.98 Å². The van der Waals surface area contributed by atoms with Crippen LogP contribution >= 0.6 is 11.6 Å². The van der Waals surface area contributed by atoms with Gasteiger partial charge in [0.15, 0.2) is 0 Å². The smallest absolute Gasteiger partial charge is 0.331 e. The van der Waals surface area contributed by atoms with Crippen molar-refractivity contribution in [2.24, 2.45) is 0 Å². The Hall–Kier alpha value is -2.20. The Morgan fingerprint density at radius 2 is 2.00 bits per heavy atom. The van der Waals surface area contributed by atoms with E-state index >= 15 is 0 Å². The number of halogens is 1. The van der Waals surface area contributed by atoms with E-state index in [1.807, 2.05) is 0 Å². The van der Waals surface area contributed by atoms with E-state index in [0.29, 0.717) is 21.7 Å². The fraction of sp³-hybridized carbons (Fsp3) is 0. The predicted molar refractivity (Wildman–Crippen MR) is 70.6 cm³/mol. The predicted octanol–water partition coefficient (Wildman–Crippen LogP) is 2.68. The fourth-order valence-corrected chi connectivity index (χ4v) is 2.13. The summed E-state index contributed by atoms with van der Waals surface area (Å²) in [5, 5.41) is 10.0. The average Bonchev–Trinajstić information content (AvgIpc) is 2.64. The standard InChI is InChI=1S/C13H9ClN2O2/c14-8-4-5-11-12(6-8)16(13(18)15-11)9-2-1-3-10(17)7-9/h1-7,17H,(H,15,18). The van der Waals surface area contributed by atoms with Crippen LogP contribution in [0, 0.1) is 0 Å². The van der Waals surface area contributed by atoms with E-state index in [1.165, 1.54) is 10.6 Å². The van der Waals surface area contributed by atoms with Crippen LogP contribution in [0.5, 0.6) is 5.75 Å². The molecular weight excluding hydrogens is 252 g/mol. The van der Waals surface area contributed by atoms with E-state index in [4.69, 9.17) is 11.6 Å². The van der Waals surface area contributed by atoms with Gasteiger partial charge in [0.2, 0.25) is 0 Å². The molecule has 0 radical (unpaired) electrons. The van der Waals surface area contributed by atoms with E-state index in [0.717, 1.165) is 0 Å². The monoisotopic (exact) mass is 260 g/mol. The number of phenolic OH excluding ortho intramolecular Hbond substituents is 1. The topological polar surface area (TPSA) is 58.0 Å². The summed E-state index contributed by atoms with van der Waals surface area (Å²) in [6, 6.07) is 11.7. The van der Waals surface area contributed by atoms with Crippen molar-refractivity contribution in [2.45, 2.75) is 0 Å². The average molecular weight is 261 g/mol. The molecule has 0 spiro atoms. The van der Waals surface area contributed by atoms with Gasteiger partial charge in [-0.1, -0.05) is 17.7 Å². The Balaban J connectivity index is 2.38. The summed E-state index contributed by atoms with van der Waals surface area (Å²) in [6.45, 7) is 0. The number of hydrogen-bond donors (Lipinski definition) is 2. The van der Waals surface area contributed by atoms with Crippen LogP contribution < -0.4 is 5.69 Å². The van der Waals surface area contributed by atoms with Crippen molar-refractivity contribution in [1.82, 2.24) is 9.55 Å². The van der Waals surface area contributed by atoms with Gasteiger partial charge in [0.05, 0.1) is 16.7 Å². The van der Waals surface area contributed by atoms with Gasteiger partial charge in [-0.15, -0.1) is 0 Å². The minimum Gasteiger partial charge on any atom is -0.508 e. The SMILES string of the molecule is O=c1[nH]c2ccc(Cl)cc2n1-c1cccc(O)c1. The third-order valence-corrected chi connectivity index (χ3v) is 2.97. The molecule has 3 aromatic rings. The number of fused-ring (bicyclic) bond motifs is 1. The number of hydrogen-bond acceptors (Lipinski definition) is 2. The fourth-order valence-electron chi connectivity index (χ4n) is 1.96. The summed E-state index contributed by atoms with van der Waals surface area (Å²) in [5.41, 5.74) is 1.71. The van der Waals surface area contributed by atoms with E-state index in [-0.39, 0.29) is 11.4 Å². The Kier molecular flexibility index (Phi) is 2.38. The Morgan fingerprint density at radius 1 is 1.17 bits per heavy atom. The summed E-state index contributed by atoms with van der Waals surface area (Å²) in [7, 11) is 0. The second-order valence-electron chi connectivity index (χ2n) is 3.95. The zero-order chi connectivity index (χ0) is 12.7. The molecule has 2 N–H and O–H groups in total. The summed E-state index contributed by atoms with van der Waals surface area (Å²) in [6.07, 6.45) is 0. The molecule has 0 aliphatic heterocycles. The molecule has 0 unspecified atom stereocenters. The molecule has 4 nitrogen and oxygen atoms in total. The number of phenols is 1. The number of H-pyrrole nitrogens is 1. The zero-order valence-electron chi connectivity index (χ0n) is 9.22. The minimum atomic E-state index is -0.266. The third-order valence-electron chi connectivity index (χ3n) is 2.73. The Bertz CT molecular complexity index is 789. The number of aromatic nitrogens is 2. The van der Waals surface area contributed by atoms with Crippen LogP contribution in [0.15, 0.2) is 47.3 Å². The summed E-state index contributed by atoms with van der Waals surface area (Å²) >= 11 is 5.94. The molecule has 0 bridgehead atoms. The largest absolute Gasteiger partial charge is 0.508 e. The zero-order valence-corrected chi connectivity index (χ0v) is 9.98. The van der Waals surface area contributed by atoms with Crippen LogP contribution in [-0.2, 0) is 0 Å². The summed E-state index contributed by atoms with van der Waals surface area (Å²) in [5.74, 6) is 0.107. The normalized spacial score (nSPS) is 10.9. The number of rotatable bonds is 1. The Labute approximate surface area is 107 Å². The van der Waals surface area contributed by atoms with Crippen molar-refractivity contribution >= 4 is 22.6 Å². The first-order chi connectivity index (χ1) is 8.65. The molecule has 1 aromatic heterocycles. The van der Waals surface area contributed by atoms with Gasteiger partial charge in [-0.2, -0.15) is 0 Å². The first-order valence-electron chi connectivity index (χ1n) is 5.35. The maximum atomic E-state index is 11.9. The molecule has 0 amide bonds. The molecule has 2 aromatic carbocycles. The molecule has 0 aliphatic carbocycles. The lowest BCUT2D eigenvalue weighted by Gasteiger charge is -2.03. The van der Waals surface area contributed by atoms with Crippen LogP contribution in [-0.4, -0.2) is 14.7 Å². The molecule has 3 rings (SSSR count). The molecule has 0 atom stereocenters. The molecule has 0 saturated heterocycles. The number of nitrogens with one attached hydrogen (secondary N) is 1. The van der Waals surface area contributed by atoms with Gasteiger partial charge < -0.3 is 10.1 Å². The molecular formula is C13H9ClN2O2. The number of aromatic amines is 1. The van der Waals surface area contributed by atoms with E-state index < -0.39 is 0 Å². The highest BCUT2D eigenvalue weighted by molar-refractivity contribution is 6.31. The lowest BCUT2D eigenvalue weighted by atomic mass is 10.2. The maximum absolute atomic E-state index is 11.9. The lowest BCUT2D eigenvalue weighted by Crippen LogP contribution is -2.14. The minimum absolute atomic E-state index is 0.107. The van der Waals surface area contributed by atoms with E-state index in [9.17, 15) is 9.90 Å². The Morgan fingerprint density at radius 3 is 2.78 bits per heavy atom. The van der Waals surface area contributed by atoms with Gasteiger partial charge in [-0.25, -0.2) is 4.79 Å². The van der Waals surface area contributed by atoms with Gasteiger partial charge >= 0.3 is 5.69 Å². The molecule has 1 heterocycles. The first-order valence-corrected chi connectivity index (χ1v) is 5.72. The van der Waals surface area contributed by atoms with Crippen LogP contribution in [0.1, 0.15) is 0 Å². The molecule has 5 heteroatoms. The van der Waals surface area contributed by atoms with Crippen molar-refractivity contribution in [3.05, 3.63) is 58.0 Å². The third kappa shape index (κ3) is 1.67. The van der Waals surface area contributed by atoms with Crippen molar-refractivity contribution in [2.75, 3.05) is 0 Å². The van der Waals surface area contributed by atoms with E-state index in [1.54, 1.807) is 36.4 Å². The molecule has 0 saturated carbocycles. The second-order valence-corrected chi connectivity index (χ2v) is 4.38. The van der Waals surface area contributed by atoms with Gasteiger partial charge in [0.1, 0.15) is 5.75 Å². The van der Waals surface area contributed by atoms with Crippen LogP contribution in [0.3, 0.4) is 0 Å². The number of nitrogens with zero attached hydrogens (tertiary/aromatic N) is 1. The molecule has 90 valence electrons. The quantitative estimate of drug-likeness (QED) is 0.707. The number of imidazole rings is 1. The highest BCUT2D eigenvalue weighted by Gasteiger charge is 2.09. The first kappa shape index (κ1) is 10.9. The van der Waals surface area contributed by atoms with Crippen LogP contribution in [0.4, 0.5) is 0 Å². The van der Waals surface area contributed by atoms with Gasteiger partial charge in [0, 0.05) is 11.1 Å². The van der Waals surface area contributed by atoms with Crippen molar-refractivity contribution < 1.29 is 5.11 Å². The van der Waals surface area contributed by atoms with Crippen LogP contribution in [0.2, 0.25) is 5.02 Å². The number of aromatic hydroxyl groups is 1. The molecule has 0 fully saturated rings. The van der Waals surface area contributed by atoms with Crippen molar-refractivity contribution in [3.8, 4) is 11.4 Å². The maximum Gasteiger partial charge on any atom is 0.331 e. The highest BCUT2D eigenvalue weighted by atomic mass is 35.5. The van der Waals surface area contributed by atoms with Crippen molar-refractivity contribution in [1.29, 1.82) is 0 Å². The van der Waals surface area contributed by atoms with Crippen LogP contribution in [0.25, 0.3) is 16.7 Å². The highest BCUT2D eigenvalue weighted by Crippen LogP contribution is 2.21. The number of benzene rings is 2. The summed E-state index contributed by atoms with van der Waals surface area (Å²) < 4.78 is 1.47. The van der Waals surface area contributed by atoms with Gasteiger partial charge in [-0.3, -0.25) is 4.57 Å². The summed E-state index contributed by atoms with van der Waals surface area (Å²) in [4.78, 5) is 14.7. The van der Waals surface area contributed by atoms with Crippen molar-refractivity contribution in [3.63, 3.8) is 0 Å². The second kappa shape index (κ2) is 3.92. The lowest BCUT2D eigenvalue weighted by molar-refractivity contribution is 0.475. The van der Waals surface area contributed by atoms with Gasteiger partial charge in [0.25, 0.3) is 0 Å². The molecule has 18 heavy (non-hydrogen) atoms.